The van der Waals surface area contributed by atoms with Gasteiger partial charge in [-0.2, -0.15) is 0 Å². The third kappa shape index (κ3) is 5.69. The van der Waals surface area contributed by atoms with E-state index in [2.05, 4.69) is 10.6 Å². The third-order valence-electron chi connectivity index (χ3n) is 5.73. The minimum Gasteiger partial charge on any atom is -0.352 e. The summed E-state index contributed by atoms with van der Waals surface area (Å²) in [5, 5.41) is 6.22. The van der Waals surface area contributed by atoms with Gasteiger partial charge < -0.3 is 10.6 Å². The Morgan fingerprint density at radius 2 is 1.31 bits per heavy atom. The van der Waals surface area contributed by atoms with Crippen LogP contribution in [0.25, 0.3) is 0 Å². The van der Waals surface area contributed by atoms with Crippen molar-refractivity contribution in [3.63, 3.8) is 0 Å². The average molecular weight is 393 g/mol. The van der Waals surface area contributed by atoms with Crippen LogP contribution in [0.4, 0.5) is 0 Å². The van der Waals surface area contributed by atoms with E-state index < -0.39 is 12.0 Å². The molecule has 2 N–H and O–H groups in total. The van der Waals surface area contributed by atoms with Crippen LogP contribution in [0, 0.1) is 5.92 Å². The Hall–Kier alpha value is -2.62. The van der Waals surface area contributed by atoms with Gasteiger partial charge in [-0.05, 0) is 29.9 Å². The van der Waals surface area contributed by atoms with Crippen molar-refractivity contribution < 1.29 is 9.59 Å². The Labute approximate surface area is 174 Å². The Balaban J connectivity index is 1.78. The molecule has 4 nitrogen and oxygen atoms in total. The molecule has 1 saturated carbocycles. The van der Waals surface area contributed by atoms with Crippen LogP contribution in [0.1, 0.15) is 63.0 Å². The minimum absolute atomic E-state index is 0.00902. The molecule has 0 aromatic heterocycles. The fourth-order valence-electron chi connectivity index (χ4n) is 4.10. The van der Waals surface area contributed by atoms with Crippen molar-refractivity contribution in [2.45, 2.75) is 64.0 Å². The van der Waals surface area contributed by atoms with Gasteiger partial charge in [0.2, 0.25) is 11.8 Å². The van der Waals surface area contributed by atoms with Crippen LogP contribution in [0.5, 0.6) is 0 Å². The van der Waals surface area contributed by atoms with E-state index in [-0.39, 0.29) is 23.8 Å². The van der Waals surface area contributed by atoms with Gasteiger partial charge in [0.25, 0.3) is 0 Å². The van der Waals surface area contributed by atoms with Crippen molar-refractivity contribution >= 4 is 11.8 Å². The van der Waals surface area contributed by atoms with E-state index >= 15 is 0 Å². The first-order valence-electron chi connectivity index (χ1n) is 10.8. The average Bonchev–Trinajstić information content (AvgIpc) is 2.74. The Morgan fingerprint density at radius 3 is 1.79 bits per heavy atom. The lowest BCUT2D eigenvalue weighted by atomic mass is 9.89. The van der Waals surface area contributed by atoms with Crippen LogP contribution in [-0.2, 0) is 9.59 Å². The van der Waals surface area contributed by atoms with E-state index in [0.717, 1.165) is 36.8 Å². The van der Waals surface area contributed by atoms with Crippen molar-refractivity contribution in [2.24, 2.45) is 5.92 Å². The predicted octanol–water partition coefficient (Wildman–Crippen LogP) is 4.41. The molecular formula is C25H32N2O2. The molecule has 154 valence electrons. The Kier molecular flexibility index (Phi) is 7.45. The molecule has 4 heteroatoms. The van der Waals surface area contributed by atoms with Gasteiger partial charge in [0.1, 0.15) is 6.04 Å². The van der Waals surface area contributed by atoms with Crippen molar-refractivity contribution in [3.8, 4) is 0 Å². The molecule has 29 heavy (non-hydrogen) atoms. The molecule has 1 aliphatic rings. The molecule has 0 bridgehead atoms. The van der Waals surface area contributed by atoms with Crippen LogP contribution < -0.4 is 10.6 Å². The summed E-state index contributed by atoms with van der Waals surface area (Å²) >= 11 is 0. The zero-order valence-corrected chi connectivity index (χ0v) is 17.4. The number of benzene rings is 2. The number of hydrogen-bond donors (Lipinski definition) is 2. The predicted molar refractivity (Wildman–Crippen MR) is 117 cm³/mol. The normalized spacial score (nSPS) is 15.9. The number of carbonyl (C=O) groups excluding carboxylic acids is 2. The zero-order chi connectivity index (χ0) is 20.6. The van der Waals surface area contributed by atoms with Crippen molar-refractivity contribution in [1.29, 1.82) is 0 Å². The first-order valence-corrected chi connectivity index (χ1v) is 10.8. The second-order valence-electron chi connectivity index (χ2n) is 8.33. The van der Waals surface area contributed by atoms with E-state index in [9.17, 15) is 9.59 Å². The molecule has 0 heterocycles. The quantitative estimate of drug-likeness (QED) is 0.733. The van der Waals surface area contributed by atoms with Crippen molar-refractivity contribution in [3.05, 3.63) is 71.8 Å². The lowest BCUT2D eigenvalue weighted by Gasteiger charge is -2.29. The van der Waals surface area contributed by atoms with Crippen LogP contribution in [-0.4, -0.2) is 23.9 Å². The third-order valence-corrected chi connectivity index (χ3v) is 5.73. The highest BCUT2D eigenvalue weighted by molar-refractivity contribution is 5.92. The number of hydrogen-bond acceptors (Lipinski definition) is 2. The highest BCUT2D eigenvalue weighted by Crippen LogP contribution is 2.25. The molecule has 1 fully saturated rings. The molecule has 2 aromatic carbocycles. The van der Waals surface area contributed by atoms with Gasteiger partial charge in [-0.3, -0.25) is 9.59 Å². The summed E-state index contributed by atoms with van der Waals surface area (Å²) in [6.45, 7) is 3.96. The smallest absolute Gasteiger partial charge is 0.243 e. The van der Waals surface area contributed by atoms with Crippen LogP contribution in [0.2, 0.25) is 0 Å². The number of carbonyl (C=O) groups is 2. The molecule has 0 radical (unpaired) electrons. The van der Waals surface area contributed by atoms with Crippen molar-refractivity contribution in [2.75, 3.05) is 0 Å². The van der Waals surface area contributed by atoms with E-state index in [0.29, 0.717) is 0 Å². The van der Waals surface area contributed by atoms with Crippen LogP contribution in [0.3, 0.4) is 0 Å². The summed E-state index contributed by atoms with van der Waals surface area (Å²) in [6.07, 6.45) is 5.62. The SMILES string of the molecule is CC(C)[C@@H](NC(=O)C(c1ccccc1)c1ccccc1)C(=O)NC1CCCCC1. The maximum atomic E-state index is 13.4. The van der Waals surface area contributed by atoms with E-state index in [4.69, 9.17) is 0 Å². The molecule has 2 aromatic rings. The lowest BCUT2D eigenvalue weighted by molar-refractivity contribution is -0.130. The van der Waals surface area contributed by atoms with Gasteiger partial charge in [-0.25, -0.2) is 0 Å². The highest BCUT2D eigenvalue weighted by atomic mass is 16.2. The molecule has 1 atom stereocenters. The summed E-state index contributed by atoms with van der Waals surface area (Å²) in [6, 6.07) is 19.2. The van der Waals surface area contributed by atoms with Gasteiger partial charge in [-0.15, -0.1) is 0 Å². The number of nitrogens with one attached hydrogen (secondary N) is 2. The number of rotatable bonds is 7. The summed E-state index contributed by atoms with van der Waals surface area (Å²) in [7, 11) is 0. The molecule has 2 amide bonds. The van der Waals surface area contributed by atoms with Crippen molar-refractivity contribution in [1.82, 2.24) is 10.6 Å². The molecule has 0 saturated heterocycles. The summed E-state index contributed by atoms with van der Waals surface area (Å²) in [4.78, 5) is 26.3. The standard InChI is InChI=1S/C25H32N2O2/c1-18(2)23(25(29)26-21-16-10-5-11-17-21)27-24(28)22(19-12-6-3-7-13-19)20-14-8-4-9-15-20/h3-4,6-9,12-15,18,21-23H,5,10-11,16-17H2,1-2H3,(H,26,29)(H,27,28)/t23-/m1/s1. The topological polar surface area (TPSA) is 58.2 Å². The number of amides is 2. The van der Waals surface area contributed by atoms with Gasteiger partial charge in [0, 0.05) is 6.04 Å². The molecular weight excluding hydrogens is 360 g/mol. The van der Waals surface area contributed by atoms with Gasteiger partial charge in [0.05, 0.1) is 5.92 Å². The molecule has 0 unspecified atom stereocenters. The van der Waals surface area contributed by atoms with E-state index in [1.807, 2.05) is 74.5 Å². The Bertz CT molecular complexity index is 743. The maximum Gasteiger partial charge on any atom is 0.243 e. The molecule has 3 rings (SSSR count). The van der Waals surface area contributed by atoms with Gasteiger partial charge in [-0.1, -0.05) is 93.8 Å². The fourth-order valence-corrected chi connectivity index (χ4v) is 4.10. The van der Waals surface area contributed by atoms with E-state index in [1.54, 1.807) is 0 Å². The summed E-state index contributed by atoms with van der Waals surface area (Å²) in [5.74, 6) is -0.643. The van der Waals surface area contributed by atoms with Crippen LogP contribution in [0.15, 0.2) is 60.7 Å². The first-order chi connectivity index (χ1) is 14.1. The zero-order valence-electron chi connectivity index (χ0n) is 17.4. The largest absolute Gasteiger partial charge is 0.352 e. The first kappa shape index (κ1) is 21.1. The fraction of sp³-hybridized carbons (Fsp3) is 0.440. The molecule has 1 aliphatic carbocycles. The van der Waals surface area contributed by atoms with Gasteiger partial charge >= 0.3 is 0 Å². The minimum atomic E-state index is -0.542. The maximum absolute atomic E-state index is 13.4. The Morgan fingerprint density at radius 1 is 0.793 bits per heavy atom. The highest BCUT2D eigenvalue weighted by Gasteiger charge is 2.30. The second kappa shape index (κ2) is 10.2. The molecule has 0 aliphatic heterocycles. The molecule has 0 spiro atoms. The summed E-state index contributed by atoms with van der Waals surface area (Å²) in [5.41, 5.74) is 1.85. The lowest BCUT2D eigenvalue weighted by Crippen LogP contribution is -2.53. The van der Waals surface area contributed by atoms with E-state index in [1.165, 1.54) is 6.42 Å². The van der Waals surface area contributed by atoms with Gasteiger partial charge in [0.15, 0.2) is 0 Å². The summed E-state index contributed by atoms with van der Waals surface area (Å²) < 4.78 is 0. The monoisotopic (exact) mass is 392 g/mol. The van der Waals surface area contributed by atoms with Crippen LogP contribution >= 0.6 is 0 Å². The second-order valence-corrected chi connectivity index (χ2v) is 8.33.